The van der Waals surface area contributed by atoms with Gasteiger partial charge in [-0.25, -0.2) is 4.98 Å². The van der Waals surface area contributed by atoms with Gasteiger partial charge >= 0.3 is 0 Å². The summed E-state index contributed by atoms with van der Waals surface area (Å²) >= 11 is 1.36. The fourth-order valence-electron chi connectivity index (χ4n) is 3.04. The van der Waals surface area contributed by atoms with Gasteiger partial charge in [-0.2, -0.15) is 0 Å². The van der Waals surface area contributed by atoms with Crippen LogP contribution >= 0.6 is 11.3 Å². The van der Waals surface area contributed by atoms with Crippen LogP contribution in [0.25, 0.3) is 0 Å². The summed E-state index contributed by atoms with van der Waals surface area (Å²) in [5, 5.41) is 3.02. The molecule has 1 saturated carbocycles. The smallest absolute Gasteiger partial charge is 0.266 e. The molecule has 2 amide bonds. The molecule has 0 unspecified atom stereocenters. The van der Waals surface area contributed by atoms with Gasteiger partial charge in [-0.1, -0.05) is 12.8 Å². The average molecular weight is 279 g/mol. The molecule has 1 saturated heterocycles. The summed E-state index contributed by atoms with van der Waals surface area (Å²) in [5.74, 6) is -0.0783. The van der Waals surface area contributed by atoms with Crippen molar-refractivity contribution in [1.29, 1.82) is 0 Å². The van der Waals surface area contributed by atoms with E-state index in [9.17, 15) is 9.59 Å². The summed E-state index contributed by atoms with van der Waals surface area (Å²) in [4.78, 5) is 30.9. The minimum absolute atomic E-state index is 0.0354. The van der Waals surface area contributed by atoms with Crippen LogP contribution < -0.4 is 5.32 Å². The molecule has 1 aliphatic heterocycles. The molecule has 0 spiro atoms. The first-order valence-corrected chi connectivity index (χ1v) is 7.55. The van der Waals surface area contributed by atoms with Crippen LogP contribution in [0.5, 0.6) is 0 Å². The van der Waals surface area contributed by atoms with Crippen molar-refractivity contribution in [1.82, 2.24) is 15.2 Å². The largest absolute Gasteiger partial charge is 0.350 e. The lowest BCUT2D eigenvalue weighted by Gasteiger charge is -2.43. The van der Waals surface area contributed by atoms with E-state index < -0.39 is 0 Å². The highest BCUT2D eigenvalue weighted by atomic mass is 32.1. The number of nitrogens with zero attached hydrogens (tertiary/aromatic N) is 2. The molecule has 2 aliphatic rings. The van der Waals surface area contributed by atoms with Crippen molar-refractivity contribution in [2.45, 2.75) is 44.7 Å². The van der Waals surface area contributed by atoms with E-state index >= 15 is 0 Å². The molecule has 2 fully saturated rings. The highest BCUT2D eigenvalue weighted by Crippen LogP contribution is 2.28. The lowest BCUT2D eigenvalue weighted by Crippen LogP contribution is -2.62. The molecule has 2 heterocycles. The van der Waals surface area contributed by atoms with Gasteiger partial charge in [0.15, 0.2) is 0 Å². The lowest BCUT2D eigenvalue weighted by molar-refractivity contribution is -0.127. The van der Waals surface area contributed by atoms with Gasteiger partial charge in [0.1, 0.15) is 11.4 Å². The van der Waals surface area contributed by atoms with E-state index in [-0.39, 0.29) is 30.4 Å². The van der Waals surface area contributed by atoms with E-state index in [1.54, 1.807) is 10.4 Å². The standard InChI is InChI=1S/C13H17N3O2S/c1-8-12(19-7-14-8)13(18)16-6-11(17)15-9-4-2-3-5-10(9)16/h7,9-10H,2-6H2,1H3,(H,15,17)/t9-,10-/m1/s1. The van der Waals surface area contributed by atoms with Crippen molar-refractivity contribution in [2.75, 3.05) is 6.54 Å². The Kier molecular flexibility index (Phi) is 3.26. The summed E-state index contributed by atoms with van der Waals surface area (Å²) in [5.41, 5.74) is 2.44. The lowest BCUT2D eigenvalue weighted by atomic mass is 9.87. The van der Waals surface area contributed by atoms with Crippen LogP contribution in [0.4, 0.5) is 0 Å². The molecule has 0 radical (unpaired) electrons. The van der Waals surface area contributed by atoms with Gasteiger partial charge in [0.2, 0.25) is 5.91 Å². The minimum atomic E-state index is -0.0429. The number of hydrogen-bond donors (Lipinski definition) is 1. The predicted octanol–water partition coefficient (Wildman–Crippen LogP) is 1.33. The highest BCUT2D eigenvalue weighted by molar-refractivity contribution is 7.11. The normalized spacial score (nSPS) is 26.8. The Labute approximate surface area is 116 Å². The molecule has 3 rings (SSSR count). The number of carbonyl (C=O) groups is 2. The Morgan fingerprint density at radius 3 is 3.00 bits per heavy atom. The van der Waals surface area contributed by atoms with Crippen LogP contribution in [0, 0.1) is 6.92 Å². The maximum absolute atomic E-state index is 12.6. The van der Waals surface area contributed by atoms with E-state index in [4.69, 9.17) is 0 Å². The van der Waals surface area contributed by atoms with Crippen molar-refractivity contribution in [3.05, 3.63) is 16.1 Å². The van der Waals surface area contributed by atoms with E-state index in [1.165, 1.54) is 11.3 Å². The van der Waals surface area contributed by atoms with Crippen LogP contribution in [0.2, 0.25) is 0 Å². The van der Waals surface area contributed by atoms with Crippen molar-refractivity contribution >= 4 is 23.2 Å². The molecule has 6 heteroatoms. The second kappa shape index (κ2) is 4.92. The Morgan fingerprint density at radius 1 is 1.47 bits per heavy atom. The van der Waals surface area contributed by atoms with Crippen LogP contribution in [-0.2, 0) is 4.79 Å². The number of hydrogen-bond acceptors (Lipinski definition) is 4. The number of aryl methyl sites for hydroxylation is 1. The molecular formula is C13H17N3O2S. The molecule has 1 aliphatic carbocycles. The van der Waals surface area contributed by atoms with Crippen molar-refractivity contribution < 1.29 is 9.59 Å². The number of rotatable bonds is 1. The fraction of sp³-hybridized carbons (Fsp3) is 0.615. The second-order valence-corrected chi connectivity index (χ2v) is 6.08. The first-order valence-electron chi connectivity index (χ1n) is 6.67. The maximum Gasteiger partial charge on any atom is 0.266 e. The third-order valence-electron chi connectivity index (χ3n) is 3.99. The van der Waals surface area contributed by atoms with Gasteiger partial charge in [-0.05, 0) is 19.8 Å². The van der Waals surface area contributed by atoms with Crippen LogP contribution in [-0.4, -0.2) is 40.3 Å². The monoisotopic (exact) mass is 279 g/mol. The zero-order valence-corrected chi connectivity index (χ0v) is 11.7. The molecule has 1 N–H and O–H groups in total. The highest BCUT2D eigenvalue weighted by Gasteiger charge is 2.39. The third kappa shape index (κ3) is 2.25. The minimum Gasteiger partial charge on any atom is -0.350 e. The van der Waals surface area contributed by atoms with Gasteiger partial charge in [-0.15, -0.1) is 11.3 Å². The van der Waals surface area contributed by atoms with Crippen LogP contribution in [0.15, 0.2) is 5.51 Å². The summed E-state index contributed by atoms with van der Waals surface area (Å²) < 4.78 is 0. The Morgan fingerprint density at radius 2 is 2.26 bits per heavy atom. The van der Waals surface area contributed by atoms with E-state index in [0.29, 0.717) is 4.88 Å². The molecule has 5 nitrogen and oxygen atoms in total. The fourth-order valence-corrected chi connectivity index (χ4v) is 3.79. The molecule has 0 bridgehead atoms. The number of fused-ring (bicyclic) bond motifs is 1. The summed E-state index contributed by atoms with van der Waals surface area (Å²) in [7, 11) is 0. The maximum atomic E-state index is 12.6. The first-order chi connectivity index (χ1) is 9.16. The van der Waals surface area contributed by atoms with Crippen LogP contribution in [0.3, 0.4) is 0 Å². The Hall–Kier alpha value is -1.43. The van der Waals surface area contributed by atoms with Crippen molar-refractivity contribution in [3.63, 3.8) is 0 Å². The number of nitrogens with one attached hydrogen (secondary N) is 1. The number of carbonyl (C=O) groups excluding carboxylic acids is 2. The van der Waals surface area contributed by atoms with E-state index in [2.05, 4.69) is 10.3 Å². The third-order valence-corrected chi connectivity index (χ3v) is 4.91. The second-order valence-electron chi connectivity index (χ2n) is 5.23. The molecule has 19 heavy (non-hydrogen) atoms. The molecule has 1 aromatic rings. The van der Waals surface area contributed by atoms with Gasteiger partial charge in [-0.3, -0.25) is 9.59 Å². The number of thiazole rings is 1. The summed E-state index contributed by atoms with van der Waals surface area (Å²) in [6.07, 6.45) is 4.21. The SMILES string of the molecule is Cc1ncsc1C(=O)N1CC(=O)N[C@@H]2CCCC[C@H]21. The van der Waals surface area contributed by atoms with Gasteiger partial charge < -0.3 is 10.2 Å². The number of aromatic nitrogens is 1. The van der Waals surface area contributed by atoms with Crippen molar-refractivity contribution in [2.24, 2.45) is 0 Å². The topological polar surface area (TPSA) is 62.3 Å². The average Bonchev–Trinajstić information content (AvgIpc) is 2.83. The summed E-state index contributed by atoms with van der Waals surface area (Å²) in [6.45, 7) is 2.02. The predicted molar refractivity (Wildman–Crippen MR) is 72.1 cm³/mol. The quantitative estimate of drug-likeness (QED) is 0.843. The Bertz CT molecular complexity index is 514. The Balaban J connectivity index is 1.87. The van der Waals surface area contributed by atoms with E-state index in [0.717, 1.165) is 31.4 Å². The molecular weight excluding hydrogens is 262 g/mol. The molecule has 2 atom stereocenters. The van der Waals surface area contributed by atoms with Crippen LogP contribution in [0.1, 0.15) is 41.0 Å². The number of amides is 2. The zero-order chi connectivity index (χ0) is 13.4. The van der Waals surface area contributed by atoms with Crippen molar-refractivity contribution in [3.8, 4) is 0 Å². The molecule has 1 aromatic heterocycles. The van der Waals surface area contributed by atoms with E-state index in [1.807, 2.05) is 6.92 Å². The molecule has 0 aromatic carbocycles. The summed E-state index contributed by atoms with van der Waals surface area (Å²) in [6, 6.07) is 0.285. The van der Waals surface area contributed by atoms with Gasteiger partial charge in [0, 0.05) is 6.04 Å². The first kappa shape index (κ1) is 12.6. The molecule has 102 valence electrons. The van der Waals surface area contributed by atoms with Gasteiger partial charge in [0.05, 0.1) is 17.2 Å². The van der Waals surface area contributed by atoms with Gasteiger partial charge in [0.25, 0.3) is 5.91 Å². The zero-order valence-electron chi connectivity index (χ0n) is 10.9. The number of piperazine rings is 1.